The van der Waals surface area contributed by atoms with Crippen LogP contribution in [0.3, 0.4) is 0 Å². The van der Waals surface area contributed by atoms with E-state index in [2.05, 4.69) is 85.0 Å². The van der Waals surface area contributed by atoms with Gasteiger partial charge in [0, 0.05) is 97.0 Å². The lowest BCUT2D eigenvalue weighted by Crippen LogP contribution is -2.30. The van der Waals surface area contributed by atoms with Crippen molar-refractivity contribution in [2.45, 2.75) is 118 Å². The molecule has 8 nitrogen and oxygen atoms in total. The summed E-state index contributed by atoms with van der Waals surface area (Å²) in [5.74, 6) is -0.662. The number of nitrogens with zero attached hydrogens (tertiary/aromatic N) is 4. The molecule has 0 spiro atoms. The first kappa shape index (κ1) is 49.7. The molecule has 2 aromatic carbocycles. The second kappa shape index (κ2) is 24.7. The Kier molecular flexibility index (Phi) is 18.6. The molecule has 0 aromatic heterocycles. The van der Waals surface area contributed by atoms with Gasteiger partial charge in [-0.05, 0) is 109 Å². The summed E-state index contributed by atoms with van der Waals surface area (Å²) < 4.78 is 4.48. The zero-order chi connectivity index (χ0) is 47.0. The highest BCUT2D eigenvalue weighted by Crippen LogP contribution is 2.39. The highest BCUT2D eigenvalue weighted by Gasteiger charge is 2.32. The van der Waals surface area contributed by atoms with Crippen molar-refractivity contribution in [3.8, 4) is 0 Å². The molecular weight excluding hydrogens is 817 g/mol. The molecule has 0 saturated heterocycles. The van der Waals surface area contributed by atoms with E-state index in [4.69, 9.17) is 0 Å². The molecule has 0 aliphatic heterocycles. The summed E-state index contributed by atoms with van der Waals surface area (Å²) in [4.78, 5) is 31.4. The molecule has 0 saturated carbocycles. The van der Waals surface area contributed by atoms with Crippen LogP contribution in [-0.4, -0.2) is 85.5 Å². The van der Waals surface area contributed by atoms with Crippen LogP contribution >= 0.6 is 0 Å². The fraction of sp³-hybridized carbons (Fsp3) is 0.448. The summed E-state index contributed by atoms with van der Waals surface area (Å²) >= 11 is 0. The fourth-order valence-electron chi connectivity index (χ4n) is 9.08. The molecule has 0 unspecified atom stereocenters. The van der Waals surface area contributed by atoms with Crippen LogP contribution in [0.15, 0.2) is 131 Å². The van der Waals surface area contributed by atoms with Crippen LogP contribution in [0.4, 0.5) is 11.4 Å². The topological polar surface area (TPSA) is 92.8 Å². The Morgan fingerprint density at radius 3 is 1.00 bits per heavy atom. The molecule has 4 aliphatic rings. The molecule has 4 aliphatic carbocycles. The summed E-state index contributed by atoms with van der Waals surface area (Å²) in [7, 11) is 4.19. The SMILES string of the molecule is CCCCN(CCCC)c1ccc(C2=C([O-])C(=C3C=CC(=[N+](C)CCCCCCCC[N+](C)=C4C=CC(=C5C(=O)C(c6ccc(N(CCCC)CCCC)cc6)=C5[O-])C=C4)C=C3)C2=O)cc1. The Hall–Kier alpha value is -5.76. The number of benzene rings is 2. The normalized spacial score (nSPS) is 15.7. The van der Waals surface area contributed by atoms with Crippen LogP contribution in [0.1, 0.15) is 129 Å². The monoisotopic (exact) mass is 891 g/mol. The molecule has 6 rings (SSSR count). The average molecular weight is 891 g/mol. The minimum Gasteiger partial charge on any atom is -0.871 e. The maximum Gasteiger partial charge on any atom is 0.199 e. The van der Waals surface area contributed by atoms with E-state index in [9.17, 15) is 19.8 Å². The number of anilines is 2. The quantitative estimate of drug-likeness (QED) is 0.0560. The van der Waals surface area contributed by atoms with Crippen molar-refractivity contribution in [1.82, 2.24) is 0 Å². The largest absolute Gasteiger partial charge is 0.871 e. The van der Waals surface area contributed by atoms with E-state index in [1.807, 2.05) is 72.9 Å². The highest BCUT2D eigenvalue weighted by molar-refractivity contribution is 6.40. The molecule has 0 heterocycles. The van der Waals surface area contributed by atoms with Crippen molar-refractivity contribution in [1.29, 1.82) is 0 Å². The lowest BCUT2D eigenvalue weighted by molar-refractivity contribution is -0.496. The summed E-state index contributed by atoms with van der Waals surface area (Å²) in [5, 5.41) is 26.6. The minimum absolute atomic E-state index is 0.165. The number of hydrogen-bond acceptors (Lipinski definition) is 6. The zero-order valence-corrected chi connectivity index (χ0v) is 40.8. The van der Waals surface area contributed by atoms with Crippen LogP contribution in [0, 0.1) is 0 Å². The van der Waals surface area contributed by atoms with Gasteiger partial charge in [0.05, 0.1) is 0 Å². The van der Waals surface area contributed by atoms with Crippen molar-refractivity contribution < 1.29 is 29.0 Å². The first-order valence-electron chi connectivity index (χ1n) is 25.1. The molecule has 8 heteroatoms. The Balaban J connectivity index is 0.911. The summed E-state index contributed by atoms with van der Waals surface area (Å²) in [6.07, 6.45) is 31.7. The van der Waals surface area contributed by atoms with Gasteiger partial charge in [-0.2, -0.15) is 0 Å². The van der Waals surface area contributed by atoms with Crippen molar-refractivity contribution >= 4 is 45.5 Å². The number of carbonyl (C=O) groups is 2. The third-order valence-electron chi connectivity index (χ3n) is 13.4. The lowest BCUT2D eigenvalue weighted by Gasteiger charge is -2.32. The van der Waals surface area contributed by atoms with Crippen molar-refractivity contribution in [2.75, 3.05) is 63.2 Å². The molecule has 0 fully saturated rings. The Morgan fingerprint density at radius 2 is 0.712 bits per heavy atom. The Labute approximate surface area is 395 Å². The molecule has 2 aromatic rings. The van der Waals surface area contributed by atoms with Gasteiger partial charge in [0.2, 0.25) is 0 Å². The number of unbranched alkanes of at least 4 members (excludes halogenated alkanes) is 9. The molecule has 0 atom stereocenters. The third-order valence-corrected chi connectivity index (χ3v) is 13.4. The van der Waals surface area contributed by atoms with E-state index >= 15 is 0 Å². The lowest BCUT2D eigenvalue weighted by atomic mass is 9.80. The zero-order valence-electron chi connectivity index (χ0n) is 40.8. The van der Waals surface area contributed by atoms with E-state index in [-0.39, 0.29) is 34.2 Å². The van der Waals surface area contributed by atoms with Gasteiger partial charge in [0.25, 0.3) is 0 Å². The van der Waals surface area contributed by atoms with Gasteiger partial charge in [-0.3, -0.25) is 9.59 Å². The van der Waals surface area contributed by atoms with Gasteiger partial charge in [-0.15, -0.1) is 0 Å². The highest BCUT2D eigenvalue weighted by atomic mass is 16.3. The second-order valence-electron chi connectivity index (χ2n) is 18.4. The minimum atomic E-state index is -0.165. The standard InChI is InChI=1S/C58H74N4O4/c1-7-11-39-61(40-12-8-2)49-33-25-45(26-34-49)53-55(63)51(56(53)64)43-21-29-47(30-22-43)59(5)37-19-17-15-16-18-20-38-60(6)48-31-23-44(24-32-48)52-57(65)54(58(52)66)46-27-35-50(36-28-46)62(41-13-9-3)42-14-10-4/h21-36H,7-20,37-42H2,1-6H3. The van der Waals surface area contributed by atoms with Crippen molar-refractivity contribution in [3.63, 3.8) is 0 Å². The van der Waals surface area contributed by atoms with Crippen LogP contribution in [-0.2, 0) is 9.59 Å². The number of Topliss-reactive ketones (excluding diaryl/α,β-unsaturated/α-hetero) is 2. The van der Waals surface area contributed by atoms with Gasteiger partial charge in [-0.25, -0.2) is 9.15 Å². The summed E-state index contributed by atoms with van der Waals surface area (Å²) in [6, 6.07) is 15.9. The van der Waals surface area contributed by atoms with Gasteiger partial charge in [0.1, 0.15) is 27.2 Å². The fourth-order valence-corrected chi connectivity index (χ4v) is 9.08. The first-order valence-corrected chi connectivity index (χ1v) is 25.1. The maximum atomic E-state index is 13.3. The predicted molar refractivity (Wildman–Crippen MR) is 271 cm³/mol. The molecule has 350 valence electrons. The van der Waals surface area contributed by atoms with Gasteiger partial charge < -0.3 is 20.0 Å². The smallest absolute Gasteiger partial charge is 0.199 e. The molecule has 66 heavy (non-hydrogen) atoms. The van der Waals surface area contributed by atoms with Crippen LogP contribution in [0.5, 0.6) is 0 Å². The number of rotatable bonds is 25. The van der Waals surface area contributed by atoms with Crippen molar-refractivity contribution in [2.24, 2.45) is 0 Å². The van der Waals surface area contributed by atoms with E-state index in [0.29, 0.717) is 33.4 Å². The predicted octanol–water partition coefficient (Wildman–Crippen LogP) is 9.86. The van der Waals surface area contributed by atoms with Gasteiger partial charge in [0.15, 0.2) is 23.0 Å². The van der Waals surface area contributed by atoms with E-state index in [1.165, 1.54) is 12.8 Å². The number of allylic oxidation sites excluding steroid dienone is 14. The summed E-state index contributed by atoms with van der Waals surface area (Å²) in [6.45, 7) is 14.8. The number of ketones is 2. The van der Waals surface area contributed by atoms with Crippen LogP contribution in [0.2, 0.25) is 0 Å². The first-order chi connectivity index (χ1) is 32.1. The molecule has 0 N–H and O–H groups in total. The molecule has 0 amide bonds. The van der Waals surface area contributed by atoms with E-state index < -0.39 is 0 Å². The van der Waals surface area contributed by atoms with E-state index in [0.717, 1.165) is 139 Å². The molecule has 0 bridgehead atoms. The molecular formula is C58H74N4O4. The average Bonchev–Trinajstić information content (AvgIpc) is 3.33. The number of hydrogen-bond donors (Lipinski definition) is 0. The van der Waals surface area contributed by atoms with Gasteiger partial charge in [-0.1, -0.05) is 102 Å². The third kappa shape index (κ3) is 12.2. The van der Waals surface area contributed by atoms with Crippen LogP contribution < -0.4 is 20.0 Å². The number of carbonyl (C=O) groups excluding carboxylic acids is 2. The summed E-state index contributed by atoms with van der Waals surface area (Å²) in [5.41, 5.74) is 8.39. The van der Waals surface area contributed by atoms with Crippen LogP contribution in [0.25, 0.3) is 11.1 Å². The van der Waals surface area contributed by atoms with Crippen molar-refractivity contribution in [3.05, 3.63) is 142 Å². The Morgan fingerprint density at radius 1 is 0.409 bits per heavy atom. The van der Waals surface area contributed by atoms with Gasteiger partial charge >= 0.3 is 0 Å². The Bertz CT molecular complexity index is 2160. The molecule has 0 radical (unpaired) electrons. The maximum absolute atomic E-state index is 13.3. The second-order valence-corrected chi connectivity index (χ2v) is 18.4. The van der Waals surface area contributed by atoms with E-state index in [1.54, 1.807) is 0 Å².